The lowest BCUT2D eigenvalue weighted by Crippen LogP contribution is -2.42. The number of carboxylic acid groups (broad SMARTS) is 1. The van der Waals surface area contributed by atoms with E-state index in [-0.39, 0.29) is 18.2 Å². The molecule has 2 N–H and O–H groups in total. The van der Waals surface area contributed by atoms with Gasteiger partial charge in [-0.05, 0) is 11.5 Å². The smallest absolute Gasteiger partial charge is 0.305 e. The SMILES string of the molecule is CC(C)NC(CC(=O)O)C(=O)c1ccc(C(C)C)cc1. The molecule has 1 unspecified atom stereocenters. The zero-order valence-electron chi connectivity index (χ0n) is 12.5. The standard InChI is InChI=1S/C16H23NO3/c1-10(2)12-5-7-13(8-6-12)16(20)14(9-15(18)19)17-11(3)4/h5-8,10-11,14,17H,9H2,1-4H3,(H,18,19). The Bertz CT molecular complexity index is 463. The molecule has 0 saturated carbocycles. The summed E-state index contributed by atoms with van der Waals surface area (Å²) in [5, 5.41) is 11.9. The van der Waals surface area contributed by atoms with E-state index in [2.05, 4.69) is 19.2 Å². The summed E-state index contributed by atoms with van der Waals surface area (Å²) >= 11 is 0. The van der Waals surface area contributed by atoms with Crippen LogP contribution >= 0.6 is 0 Å². The summed E-state index contributed by atoms with van der Waals surface area (Å²) in [5.74, 6) is -0.741. The predicted octanol–water partition coefficient (Wildman–Crippen LogP) is 2.83. The van der Waals surface area contributed by atoms with Crippen LogP contribution < -0.4 is 5.32 Å². The lowest BCUT2D eigenvalue weighted by atomic mass is 9.97. The average molecular weight is 277 g/mol. The van der Waals surface area contributed by atoms with Crippen molar-refractivity contribution < 1.29 is 14.7 Å². The number of carboxylic acids is 1. The molecule has 0 saturated heterocycles. The van der Waals surface area contributed by atoms with E-state index >= 15 is 0 Å². The molecule has 0 amide bonds. The molecule has 20 heavy (non-hydrogen) atoms. The second kappa shape index (κ2) is 7.20. The maximum atomic E-state index is 12.4. The molecule has 1 atom stereocenters. The summed E-state index contributed by atoms with van der Waals surface area (Å²) in [4.78, 5) is 23.2. The van der Waals surface area contributed by atoms with Gasteiger partial charge in [-0.1, -0.05) is 52.0 Å². The number of carbonyl (C=O) groups is 2. The van der Waals surface area contributed by atoms with E-state index in [9.17, 15) is 9.59 Å². The van der Waals surface area contributed by atoms with Gasteiger partial charge in [0.15, 0.2) is 5.78 Å². The number of carbonyl (C=O) groups excluding carboxylic acids is 1. The highest BCUT2D eigenvalue weighted by Crippen LogP contribution is 2.16. The average Bonchev–Trinajstić information content (AvgIpc) is 2.36. The predicted molar refractivity (Wildman–Crippen MR) is 79.2 cm³/mol. The molecule has 0 heterocycles. The molecule has 4 nitrogen and oxygen atoms in total. The van der Waals surface area contributed by atoms with E-state index in [0.717, 1.165) is 5.56 Å². The summed E-state index contributed by atoms with van der Waals surface area (Å²) in [6.45, 7) is 7.96. The summed E-state index contributed by atoms with van der Waals surface area (Å²) < 4.78 is 0. The Balaban J connectivity index is 2.90. The van der Waals surface area contributed by atoms with Crippen LogP contribution in [0, 0.1) is 0 Å². The molecule has 0 fully saturated rings. The first-order valence-electron chi connectivity index (χ1n) is 6.93. The zero-order chi connectivity index (χ0) is 15.3. The quantitative estimate of drug-likeness (QED) is 0.752. The van der Waals surface area contributed by atoms with Crippen LogP contribution in [-0.4, -0.2) is 28.9 Å². The van der Waals surface area contributed by atoms with Gasteiger partial charge >= 0.3 is 5.97 Å². The zero-order valence-corrected chi connectivity index (χ0v) is 12.5. The van der Waals surface area contributed by atoms with Crippen LogP contribution in [0.5, 0.6) is 0 Å². The summed E-state index contributed by atoms with van der Waals surface area (Å²) in [6.07, 6.45) is -0.205. The van der Waals surface area contributed by atoms with Gasteiger partial charge in [0, 0.05) is 11.6 Å². The number of hydrogen-bond acceptors (Lipinski definition) is 3. The minimum Gasteiger partial charge on any atom is -0.481 e. The van der Waals surface area contributed by atoms with Crippen molar-refractivity contribution in [2.24, 2.45) is 0 Å². The van der Waals surface area contributed by atoms with Crippen LogP contribution in [0.25, 0.3) is 0 Å². The van der Waals surface area contributed by atoms with Gasteiger partial charge in [-0.3, -0.25) is 9.59 Å². The van der Waals surface area contributed by atoms with E-state index < -0.39 is 12.0 Å². The molecule has 1 aromatic carbocycles. The Kier molecular flexibility index (Phi) is 5.89. The fourth-order valence-electron chi connectivity index (χ4n) is 2.04. The molecule has 0 aliphatic rings. The van der Waals surface area contributed by atoms with Gasteiger partial charge in [0.2, 0.25) is 0 Å². The van der Waals surface area contributed by atoms with E-state index in [0.29, 0.717) is 11.5 Å². The molecule has 110 valence electrons. The second-order valence-corrected chi connectivity index (χ2v) is 5.61. The second-order valence-electron chi connectivity index (χ2n) is 5.61. The highest BCUT2D eigenvalue weighted by Gasteiger charge is 2.23. The largest absolute Gasteiger partial charge is 0.481 e. The van der Waals surface area contributed by atoms with Crippen molar-refractivity contribution in [3.05, 3.63) is 35.4 Å². The van der Waals surface area contributed by atoms with Crippen LogP contribution in [0.1, 0.15) is 56.0 Å². The van der Waals surface area contributed by atoms with Crippen LogP contribution in [0.2, 0.25) is 0 Å². The number of nitrogens with one attached hydrogen (secondary N) is 1. The third-order valence-electron chi connectivity index (χ3n) is 3.09. The molecule has 4 heteroatoms. The highest BCUT2D eigenvalue weighted by molar-refractivity contribution is 6.01. The van der Waals surface area contributed by atoms with Crippen LogP contribution in [0.3, 0.4) is 0 Å². The van der Waals surface area contributed by atoms with Gasteiger partial charge in [-0.25, -0.2) is 0 Å². The lowest BCUT2D eigenvalue weighted by molar-refractivity contribution is -0.137. The number of hydrogen-bond donors (Lipinski definition) is 2. The number of ketones is 1. The molecule has 1 rings (SSSR count). The van der Waals surface area contributed by atoms with Gasteiger partial charge in [-0.15, -0.1) is 0 Å². The molecular weight excluding hydrogens is 254 g/mol. The Hall–Kier alpha value is -1.68. The van der Waals surface area contributed by atoms with Crippen molar-refractivity contribution >= 4 is 11.8 Å². The highest BCUT2D eigenvalue weighted by atomic mass is 16.4. The molecule has 1 aromatic rings. The molecule has 0 bridgehead atoms. The lowest BCUT2D eigenvalue weighted by Gasteiger charge is -2.18. The van der Waals surface area contributed by atoms with E-state index in [1.165, 1.54) is 0 Å². The van der Waals surface area contributed by atoms with Gasteiger partial charge in [0.05, 0.1) is 12.5 Å². The van der Waals surface area contributed by atoms with E-state index in [1.807, 2.05) is 26.0 Å². The fraction of sp³-hybridized carbons (Fsp3) is 0.500. The van der Waals surface area contributed by atoms with Gasteiger partial charge < -0.3 is 10.4 Å². The van der Waals surface area contributed by atoms with Crippen molar-refractivity contribution in [3.8, 4) is 0 Å². The summed E-state index contributed by atoms with van der Waals surface area (Å²) in [7, 11) is 0. The van der Waals surface area contributed by atoms with Gasteiger partial charge in [-0.2, -0.15) is 0 Å². The number of rotatable bonds is 7. The Labute approximate surface area is 120 Å². The maximum absolute atomic E-state index is 12.4. The molecule has 0 spiro atoms. The molecule has 0 aliphatic carbocycles. The summed E-state index contributed by atoms with van der Waals surface area (Å²) in [6, 6.07) is 6.76. The van der Waals surface area contributed by atoms with Crippen molar-refractivity contribution in [3.63, 3.8) is 0 Å². The first kappa shape index (κ1) is 16.4. The third-order valence-corrected chi connectivity index (χ3v) is 3.09. The van der Waals surface area contributed by atoms with Crippen LogP contribution in [-0.2, 0) is 4.79 Å². The van der Waals surface area contributed by atoms with E-state index in [1.54, 1.807) is 12.1 Å². The molecular formula is C16H23NO3. The van der Waals surface area contributed by atoms with Crippen molar-refractivity contribution in [1.29, 1.82) is 0 Å². The Morgan fingerprint density at radius 2 is 1.65 bits per heavy atom. The fourth-order valence-corrected chi connectivity index (χ4v) is 2.04. The minimum atomic E-state index is -0.977. The van der Waals surface area contributed by atoms with Crippen LogP contribution in [0.4, 0.5) is 0 Å². The van der Waals surface area contributed by atoms with Gasteiger partial charge in [0.1, 0.15) is 0 Å². The Morgan fingerprint density at radius 1 is 1.10 bits per heavy atom. The van der Waals surface area contributed by atoms with Crippen molar-refractivity contribution in [2.75, 3.05) is 0 Å². The van der Waals surface area contributed by atoms with E-state index in [4.69, 9.17) is 5.11 Å². The first-order valence-corrected chi connectivity index (χ1v) is 6.93. The minimum absolute atomic E-state index is 0.0539. The molecule has 0 radical (unpaired) electrons. The number of aliphatic carboxylic acids is 1. The van der Waals surface area contributed by atoms with Crippen LogP contribution in [0.15, 0.2) is 24.3 Å². The number of Topliss-reactive ketones (excluding diaryl/α,β-unsaturated/α-hetero) is 1. The first-order chi connectivity index (χ1) is 9.31. The maximum Gasteiger partial charge on any atom is 0.305 e. The normalized spacial score (nSPS) is 12.7. The monoisotopic (exact) mass is 277 g/mol. The molecule has 0 aromatic heterocycles. The third kappa shape index (κ3) is 4.78. The topological polar surface area (TPSA) is 66.4 Å². The Morgan fingerprint density at radius 3 is 2.05 bits per heavy atom. The summed E-state index contributed by atoms with van der Waals surface area (Å²) in [5.41, 5.74) is 1.71. The van der Waals surface area contributed by atoms with Crippen molar-refractivity contribution in [1.82, 2.24) is 5.32 Å². The van der Waals surface area contributed by atoms with Crippen molar-refractivity contribution in [2.45, 2.75) is 52.1 Å². The number of benzene rings is 1. The van der Waals surface area contributed by atoms with Gasteiger partial charge in [0.25, 0.3) is 0 Å². The molecule has 0 aliphatic heterocycles.